The first kappa shape index (κ1) is 28.1. The van der Waals surface area contributed by atoms with E-state index in [-0.39, 0.29) is 30.3 Å². The van der Waals surface area contributed by atoms with E-state index in [0.29, 0.717) is 44.8 Å². The highest BCUT2D eigenvalue weighted by atomic mass is 16.2. The van der Waals surface area contributed by atoms with Crippen molar-refractivity contribution in [2.24, 2.45) is 5.92 Å². The van der Waals surface area contributed by atoms with Crippen LogP contribution in [0, 0.1) is 5.92 Å². The number of unbranched alkanes of at least 4 members (excludes halogenated alkanes) is 1. The van der Waals surface area contributed by atoms with Crippen molar-refractivity contribution in [3.8, 4) is 0 Å². The van der Waals surface area contributed by atoms with Crippen LogP contribution in [0.25, 0.3) is 10.9 Å². The normalized spacial score (nSPS) is 20.8. The third-order valence-corrected chi connectivity index (χ3v) is 8.32. The van der Waals surface area contributed by atoms with Gasteiger partial charge in [-0.25, -0.2) is 0 Å². The number of benzene rings is 1. The molecular formula is C30H45N5O3. The number of carbonyl (C=O) groups is 3. The molecule has 2 aliphatic rings. The van der Waals surface area contributed by atoms with E-state index in [1.807, 2.05) is 34.2 Å². The van der Waals surface area contributed by atoms with Gasteiger partial charge in [0.05, 0.1) is 6.54 Å². The summed E-state index contributed by atoms with van der Waals surface area (Å²) in [5, 5.41) is 4.54. The fraction of sp³-hybridized carbons (Fsp3) is 0.633. The number of aryl methyl sites for hydroxylation is 1. The highest BCUT2D eigenvalue weighted by Gasteiger charge is 2.48. The van der Waals surface area contributed by atoms with E-state index in [1.165, 1.54) is 0 Å². The van der Waals surface area contributed by atoms with Gasteiger partial charge in [-0.15, -0.1) is 0 Å². The van der Waals surface area contributed by atoms with Gasteiger partial charge in [0.15, 0.2) is 0 Å². The molecule has 3 atom stereocenters. The first-order chi connectivity index (χ1) is 18.5. The number of H-pyrrole nitrogens is 1. The first-order valence-corrected chi connectivity index (χ1v) is 14.6. The Bertz CT molecular complexity index is 1100. The maximum absolute atomic E-state index is 13.7. The summed E-state index contributed by atoms with van der Waals surface area (Å²) < 4.78 is 0. The molecule has 2 saturated heterocycles. The van der Waals surface area contributed by atoms with Gasteiger partial charge in [-0.1, -0.05) is 58.2 Å². The van der Waals surface area contributed by atoms with Crippen molar-refractivity contribution in [1.29, 1.82) is 0 Å². The van der Waals surface area contributed by atoms with E-state index in [0.717, 1.165) is 55.2 Å². The second-order valence-electron chi connectivity index (χ2n) is 10.8. The minimum atomic E-state index is -0.475. The van der Waals surface area contributed by atoms with Gasteiger partial charge in [0.1, 0.15) is 12.2 Å². The number of carbonyl (C=O) groups excluding carboxylic acids is 3. The molecule has 0 saturated carbocycles. The van der Waals surface area contributed by atoms with Crippen LogP contribution in [0.1, 0.15) is 71.3 Å². The summed E-state index contributed by atoms with van der Waals surface area (Å²) in [6.07, 6.45) is 7.42. The van der Waals surface area contributed by atoms with Crippen molar-refractivity contribution in [3.63, 3.8) is 0 Å². The number of nitrogens with zero attached hydrogens (tertiary/aromatic N) is 3. The van der Waals surface area contributed by atoms with Crippen molar-refractivity contribution >= 4 is 28.6 Å². The van der Waals surface area contributed by atoms with E-state index in [1.54, 1.807) is 4.90 Å². The Balaban J connectivity index is 1.51. The number of amides is 3. The molecule has 2 N–H and O–H groups in total. The fourth-order valence-corrected chi connectivity index (χ4v) is 6.05. The second-order valence-corrected chi connectivity index (χ2v) is 10.8. The molecule has 3 heterocycles. The Morgan fingerprint density at radius 3 is 2.76 bits per heavy atom. The first-order valence-electron chi connectivity index (χ1n) is 14.6. The van der Waals surface area contributed by atoms with Crippen LogP contribution >= 0.6 is 0 Å². The Labute approximate surface area is 227 Å². The maximum Gasteiger partial charge on any atom is 0.245 e. The Morgan fingerprint density at radius 2 is 2.00 bits per heavy atom. The highest BCUT2D eigenvalue weighted by molar-refractivity contribution is 5.91. The van der Waals surface area contributed by atoms with Crippen molar-refractivity contribution in [1.82, 2.24) is 25.0 Å². The molecule has 8 nitrogen and oxygen atoms in total. The van der Waals surface area contributed by atoms with Gasteiger partial charge in [0.2, 0.25) is 17.7 Å². The predicted molar refractivity (Wildman–Crippen MR) is 150 cm³/mol. The molecule has 3 amide bonds. The predicted octanol–water partition coefficient (Wildman–Crippen LogP) is 3.91. The van der Waals surface area contributed by atoms with E-state index in [9.17, 15) is 14.4 Å². The van der Waals surface area contributed by atoms with Crippen LogP contribution < -0.4 is 5.32 Å². The number of hydrogen-bond acceptors (Lipinski definition) is 4. The molecular weight excluding hydrogens is 478 g/mol. The average Bonchev–Trinajstić information content (AvgIpc) is 3.34. The van der Waals surface area contributed by atoms with Crippen LogP contribution in [0.15, 0.2) is 30.5 Å². The summed E-state index contributed by atoms with van der Waals surface area (Å²) in [5.41, 5.74) is 2.20. The maximum atomic E-state index is 13.7. The lowest BCUT2D eigenvalue weighted by Crippen LogP contribution is -2.71. The molecule has 0 spiro atoms. The lowest BCUT2D eigenvalue weighted by Gasteiger charge is -2.53. The zero-order valence-electron chi connectivity index (χ0n) is 23.4. The molecule has 1 aromatic carbocycles. The fourth-order valence-electron chi connectivity index (χ4n) is 6.05. The van der Waals surface area contributed by atoms with Crippen LogP contribution in [-0.2, 0) is 20.8 Å². The van der Waals surface area contributed by atoms with Crippen molar-refractivity contribution in [3.05, 3.63) is 36.0 Å². The van der Waals surface area contributed by atoms with E-state index in [2.05, 4.69) is 37.1 Å². The van der Waals surface area contributed by atoms with Crippen LogP contribution in [0.3, 0.4) is 0 Å². The molecule has 0 bridgehead atoms. The third kappa shape index (κ3) is 6.22. The molecule has 0 radical (unpaired) electrons. The van der Waals surface area contributed by atoms with Gasteiger partial charge >= 0.3 is 0 Å². The number of piperazine rings is 1. The Hall–Kier alpha value is -2.87. The molecule has 8 heteroatoms. The van der Waals surface area contributed by atoms with Crippen LogP contribution in [0.2, 0.25) is 0 Å². The minimum absolute atomic E-state index is 0.00367. The number of para-hydroxylation sites is 1. The van der Waals surface area contributed by atoms with E-state index >= 15 is 0 Å². The van der Waals surface area contributed by atoms with Crippen LogP contribution in [0.4, 0.5) is 0 Å². The molecule has 2 fully saturated rings. The zero-order valence-corrected chi connectivity index (χ0v) is 23.4. The van der Waals surface area contributed by atoms with Crippen molar-refractivity contribution in [2.45, 2.75) is 84.3 Å². The van der Waals surface area contributed by atoms with Crippen molar-refractivity contribution < 1.29 is 14.4 Å². The summed E-state index contributed by atoms with van der Waals surface area (Å²) in [5.74, 6) is 0.504. The van der Waals surface area contributed by atoms with Crippen LogP contribution in [0.5, 0.6) is 0 Å². The SMILES string of the molecule is CCCCC1C(=O)N(CC(CC)CCNCC)CC2N(C(=O)CCc3c[nH]c4ccccc34)CCC(=O)N12. The molecule has 38 heavy (non-hydrogen) atoms. The number of nitrogens with one attached hydrogen (secondary N) is 2. The average molecular weight is 524 g/mol. The van der Waals surface area contributed by atoms with Gasteiger partial charge in [-0.2, -0.15) is 0 Å². The summed E-state index contributed by atoms with van der Waals surface area (Å²) in [7, 11) is 0. The number of fused-ring (bicyclic) bond motifs is 2. The number of aromatic nitrogens is 1. The van der Waals surface area contributed by atoms with Crippen LogP contribution in [-0.4, -0.2) is 82.3 Å². The number of aromatic amines is 1. The number of rotatable bonds is 13. The van der Waals surface area contributed by atoms with Gasteiger partial charge in [0.25, 0.3) is 0 Å². The summed E-state index contributed by atoms with van der Waals surface area (Å²) in [6, 6.07) is 7.66. The summed E-state index contributed by atoms with van der Waals surface area (Å²) >= 11 is 0. The molecule has 208 valence electrons. The standard InChI is InChI=1S/C30H45N5O3/c1-4-7-12-26-30(38)33(20-22(5-2)15-17-31-6-3)21-27-34(18-16-29(37)35(26)27)28(36)14-13-23-19-32-25-11-9-8-10-24(23)25/h8-11,19,22,26-27,31-32H,4-7,12-18,20-21H2,1-3H3. The molecule has 2 aliphatic heterocycles. The van der Waals surface area contributed by atoms with Gasteiger partial charge in [-0.3, -0.25) is 14.4 Å². The van der Waals surface area contributed by atoms with E-state index in [4.69, 9.17) is 0 Å². The smallest absolute Gasteiger partial charge is 0.245 e. The quantitative estimate of drug-likeness (QED) is 0.390. The monoisotopic (exact) mass is 523 g/mol. The molecule has 0 aliphatic carbocycles. The van der Waals surface area contributed by atoms with Gasteiger partial charge in [0, 0.05) is 43.0 Å². The Morgan fingerprint density at radius 1 is 1.18 bits per heavy atom. The summed E-state index contributed by atoms with van der Waals surface area (Å²) in [6.45, 7) is 9.77. The van der Waals surface area contributed by atoms with Crippen molar-refractivity contribution in [2.75, 3.05) is 32.7 Å². The second kappa shape index (κ2) is 13.3. The lowest BCUT2D eigenvalue weighted by molar-refractivity contribution is -0.175. The lowest BCUT2D eigenvalue weighted by atomic mass is 9.96. The minimum Gasteiger partial charge on any atom is -0.361 e. The number of hydrogen-bond donors (Lipinski definition) is 2. The topological polar surface area (TPSA) is 88.7 Å². The third-order valence-electron chi connectivity index (χ3n) is 8.32. The molecule has 1 aromatic heterocycles. The molecule has 4 rings (SSSR count). The van der Waals surface area contributed by atoms with Gasteiger partial charge in [-0.05, 0) is 49.9 Å². The summed E-state index contributed by atoms with van der Waals surface area (Å²) in [4.78, 5) is 49.4. The largest absolute Gasteiger partial charge is 0.361 e. The van der Waals surface area contributed by atoms with E-state index < -0.39 is 6.04 Å². The van der Waals surface area contributed by atoms with Gasteiger partial charge < -0.3 is 25.0 Å². The molecule has 2 aromatic rings. The zero-order chi connectivity index (χ0) is 27.1. The molecule has 3 unspecified atom stereocenters. The highest BCUT2D eigenvalue weighted by Crippen LogP contribution is 2.30. The Kier molecular flexibility index (Phi) is 9.83.